The van der Waals surface area contributed by atoms with Crippen molar-refractivity contribution < 1.29 is 19.4 Å². The van der Waals surface area contributed by atoms with Crippen LogP contribution in [0.1, 0.15) is 22.2 Å². The van der Waals surface area contributed by atoms with Crippen LogP contribution in [-0.2, 0) is 11.3 Å². The van der Waals surface area contributed by atoms with Gasteiger partial charge in [-0.25, -0.2) is 4.79 Å². The number of ether oxygens (including phenoxy) is 1. The van der Waals surface area contributed by atoms with E-state index in [1.807, 2.05) is 30.3 Å². The highest BCUT2D eigenvalue weighted by atomic mass is 32.1. The maximum absolute atomic E-state index is 12.6. The van der Waals surface area contributed by atoms with Gasteiger partial charge in [-0.3, -0.25) is 4.79 Å². The van der Waals surface area contributed by atoms with Gasteiger partial charge in [0.2, 0.25) is 0 Å². The Morgan fingerprint density at radius 2 is 2.00 bits per heavy atom. The molecular weight excluding hydrogens is 302 g/mol. The Bertz CT molecular complexity index is 653. The van der Waals surface area contributed by atoms with E-state index in [1.165, 1.54) is 30.3 Å². The monoisotopic (exact) mass is 319 g/mol. The average molecular weight is 319 g/mol. The fraction of sp³-hybridized carbons (Fsp3) is 0.250. The van der Waals surface area contributed by atoms with Gasteiger partial charge < -0.3 is 14.7 Å². The number of amides is 1. The molecule has 0 saturated heterocycles. The topological polar surface area (TPSA) is 66.8 Å². The van der Waals surface area contributed by atoms with Gasteiger partial charge in [0.25, 0.3) is 5.91 Å². The number of hydrogen-bond donors (Lipinski definition) is 1. The first-order valence-corrected chi connectivity index (χ1v) is 7.61. The van der Waals surface area contributed by atoms with E-state index >= 15 is 0 Å². The molecule has 0 aliphatic rings. The summed E-state index contributed by atoms with van der Waals surface area (Å²) in [6, 6.07) is 10.0. The van der Waals surface area contributed by atoms with E-state index in [-0.39, 0.29) is 12.5 Å². The lowest BCUT2D eigenvalue weighted by atomic mass is 10.1. The molecule has 0 bridgehead atoms. The number of methoxy groups -OCH3 is 1. The number of nitrogens with zero attached hydrogens (tertiary/aromatic N) is 1. The minimum atomic E-state index is -1.03. The van der Waals surface area contributed by atoms with Crippen molar-refractivity contribution in [2.75, 3.05) is 7.11 Å². The fourth-order valence-corrected chi connectivity index (χ4v) is 2.79. The molecule has 116 valence electrons. The van der Waals surface area contributed by atoms with Crippen LogP contribution in [0.2, 0.25) is 0 Å². The van der Waals surface area contributed by atoms with Crippen LogP contribution < -0.4 is 4.74 Å². The van der Waals surface area contributed by atoms with Gasteiger partial charge >= 0.3 is 5.97 Å². The molecule has 1 heterocycles. The molecule has 1 N–H and O–H groups in total. The van der Waals surface area contributed by atoms with Gasteiger partial charge in [-0.15, -0.1) is 11.3 Å². The Kier molecular flexibility index (Phi) is 5.16. The number of rotatable bonds is 6. The van der Waals surface area contributed by atoms with Crippen LogP contribution in [0.5, 0.6) is 5.75 Å². The maximum atomic E-state index is 12.6. The number of carboxylic acids is 1. The minimum Gasteiger partial charge on any atom is -0.496 e. The second-order valence-corrected chi connectivity index (χ2v) is 5.69. The second-order valence-electron chi connectivity index (χ2n) is 4.78. The maximum Gasteiger partial charge on any atom is 0.326 e. The van der Waals surface area contributed by atoms with Crippen molar-refractivity contribution in [3.63, 3.8) is 0 Å². The smallest absolute Gasteiger partial charge is 0.326 e. The molecule has 0 radical (unpaired) electrons. The molecule has 2 aromatic rings. The minimum absolute atomic E-state index is 0.243. The molecule has 0 aliphatic heterocycles. The third-order valence-corrected chi connectivity index (χ3v) is 4.20. The Hall–Kier alpha value is -2.34. The standard InChI is InChI=1S/C16H17NO4S/c1-11(16(19)20)17(9-12-6-4-3-5-7-12)15(18)14-8-13(21-2)10-22-14/h3-8,10-11H,9H2,1-2H3,(H,19,20). The molecule has 1 unspecified atom stereocenters. The predicted molar refractivity (Wildman–Crippen MR) is 84.3 cm³/mol. The zero-order chi connectivity index (χ0) is 16.1. The van der Waals surface area contributed by atoms with E-state index in [2.05, 4.69) is 0 Å². The molecule has 2 rings (SSSR count). The highest BCUT2D eigenvalue weighted by molar-refractivity contribution is 7.12. The molecule has 0 fully saturated rings. The van der Waals surface area contributed by atoms with Crippen molar-refractivity contribution in [1.82, 2.24) is 4.90 Å². The molecular formula is C16H17NO4S. The first-order valence-electron chi connectivity index (χ1n) is 6.73. The molecule has 1 aromatic heterocycles. The van der Waals surface area contributed by atoms with E-state index in [4.69, 9.17) is 4.74 Å². The van der Waals surface area contributed by atoms with Crippen LogP contribution in [0.4, 0.5) is 0 Å². The van der Waals surface area contributed by atoms with Crippen molar-refractivity contribution in [2.45, 2.75) is 19.5 Å². The lowest BCUT2D eigenvalue weighted by Crippen LogP contribution is -2.42. The summed E-state index contributed by atoms with van der Waals surface area (Å²) in [7, 11) is 1.53. The Morgan fingerprint density at radius 3 is 2.55 bits per heavy atom. The number of thiophene rings is 1. The quantitative estimate of drug-likeness (QED) is 0.889. The summed E-state index contributed by atoms with van der Waals surface area (Å²) in [5.74, 6) is -0.754. The van der Waals surface area contributed by atoms with Crippen LogP contribution in [0, 0.1) is 0 Å². The SMILES string of the molecule is COc1csc(C(=O)N(Cc2ccccc2)C(C)C(=O)O)c1. The van der Waals surface area contributed by atoms with E-state index in [0.29, 0.717) is 10.6 Å². The summed E-state index contributed by atoms with van der Waals surface area (Å²) in [4.78, 5) is 25.8. The van der Waals surface area contributed by atoms with Gasteiger partial charge in [0.05, 0.1) is 12.0 Å². The molecule has 1 amide bonds. The van der Waals surface area contributed by atoms with Gasteiger partial charge in [0.1, 0.15) is 11.8 Å². The molecule has 0 saturated carbocycles. The number of carbonyl (C=O) groups excluding carboxylic acids is 1. The van der Waals surface area contributed by atoms with E-state index in [0.717, 1.165) is 5.56 Å². The van der Waals surface area contributed by atoms with Crippen molar-refractivity contribution in [3.05, 3.63) is 52.2 Å². The van der Waals surface area contributed by atoms with Crippen LogP contribution in [-0.4, -0.2) is 35.0 Å². The van der Waals surface area contributed by atoms with E-state index in [1.54, 1.807) is 11.4 Å². The predicted octanol–water partition coefficient (Wildman–Crippen LogP) is 2.87. The summed E-state index contributed by atoms with van der Waals surface area (Å²) in [5, 5.41) is 11.0. The van der Waals surface area contributed by atoms with Gasteiger partial charge in [-0.05, 0) is 12.5 Å². The largest absolute Gasteiger partial charge is 0.496 e. The lowest BCUT2D eigenvalue weighted by molar-refractivity contribution is -0.141. The number of benzene rings is 1. The van der Waals surface area contributed by atoms with Crippen LogP contribution in [0.25, 0.3) is 0 Å². The average Bonchev–Trinajstić information content (AvgIpc) is 3.01. The van der Waals surface area contributed by atoms with Crippen LogP contribution >= 0.6 is 11.3 Å². The molecule has 1 aromatic carbocycles. The molecule has 1 atom stereocenters. The Balaban J connectivity index is 2.27. The van der Waals surface area contributed by atoms with E-state index < -0.39 is 12.0 Å². The second kappa shape index (κ2) is 7.09. The van der Waals surface area contributed by atoms with E-state index in [9.17, 15) is 14.7 Å². The zero-order valence-corrected chi connectivity index (χ0v) is 13.2. The summed E-state index contributed by atoms with van der Waals surface area (Å²) >= 11 is 1.24. The summed E-state index contributed by atoms with van der Waals surface area (Å²) < 4.78 is 5.07. The van der Waals surface area contributed by atoms with Gasteiger partial charge in [-0.2, -0.15) is 0 Å². The normalized spacial score (nSPS) is 11.7. The van der Waals surface area contributed by atoms with Crippen LogP contribution in [0.15, 0.2) is 41.8 Å². The highest BCUT2D eigenvalue weighted by Crippen LogP contribution is 2.24. The molecule has 0 aliphatic carbocycles. The Labute approximate surface area is 132 Å². The van der Waals surface area contributed by atoms with Crippen molar-refractivity contribution >= 4 is 23.2 Å². The van der Waals surface area contributed by atoms with Crippen molar-refractivity contribution in [1.29, 1.82) is 0 Å². The summed E-state index contributed by atoms with van der Waals surface area (Å²) in [6.45, 7) is 1.75. The van der Waals surface area contributed by atoms with Gasteiger partial charge in [0.15, 0.2) is 0 Å². The summed E-state index contributed by atoms with van der Waals surface area (Å²) in [5.41, 5.74) is 0.882. The van der Waals surface area contributed by atoms with Gasteiger partial charge in [0, 0.05) is 18.0 Å². The number of hydrogen-bond acceptors (Lipinski definition) is 4. The Morgan fingerprint density at radius 1 is 1.32 bits per heavy atom. The number of carbonyl (C=O) groups is 2. The van der Waals surface area contributed by atoms with Crippen molar-refractivity contribution in [3.8, 4) is 5.75 Å². The number of aliphatic carboxylic acids is 1. The lowest BCUT2D eigenvalue weighted by Gasteiger charge is -2.26. The fourth-order valence-electron chi connectivity index (χ4n) is 1.98. The summed E-state index contributed by atoms with van der Waals surface area (Å²) in [6.07, 6.45) is 0. The molecule has 5 nitrogen and oxygen atoms in total. The third-order valence-electron chi connectivity index (χ3n) is 3.30. The third kappa shape index (κ3) is 3.65. The molecule has 0 spiro atoms. The molecule has 22 heavy (non-hydrogen) atoms. The molecule has 6 heteroatoms. The zero-order valence-electron chi connectivity index (χ0n) is 12.4. The first-order chi connectivity index (χ1) is 10.5. The van der Waals surface area contributed by atoms with Crippen molar-refractivity contribution in [2.24, 2.45) is 0 Å². The first kappa shape index (κ1) is 16.0. The van der Waals surface area contributed by atoms with Crippen LogP contribution in [0.3, 0.4) is 0 Å². The van der Waals surface area contributed by atoms with Gasteiger partial charge in [-0.1, -0.05) is 30.3 Å². The number of carboxylic acid groups (broad SMARTS) is 1. The highest BCUT2D eigenvalue weighted by Gasteiger charge is 2.27.